The summed E-state index contributed by atoms with van der Waals surface area (Å²) in [4.78, 5) is 23.6. The highest BCUT2D eigenvalue weighted by Gasteiger charge is 2.22. The third-order valence-corrected chi connectivity index (χ3v) is 5.44. The molecule has 1 fully saturated rings. The summed E-state index contributed by atoms with van der Waals surface area (Å²) in [6.45, 7) is 0.760. The second kappa shape index (κ2) is 8.29. The minimum atomic E-state index is 0.0455. The van der Waals surface area contributed by atoms with Gasteiger partial charge in [-0.05, 0) is 49.1 Å². The molecule has 1 aliphatic rings. The monoisotopic (exact) mass is 359 g/mol. The van der Waals surface area contributed by atoms with Crippen molar-refractivity contribution in [1.29, 1.82) is 0 Å². The van der Waals surface area contributed by atoms with Crippen LogP contribution < -0.4 is 15.5 Å². The predicted octanol–water partition coefficient (Wildman–Crippen LogP) is 3.00. The van der Waals surface area contributed by atoms with E-state index in [1.807, 2.05) is 42.6 Å². The zero-order chi connectivity index (χ0) is 17.6. The van der Waals surface area contributed by atoms with Gasteiger partial charge in [-0.2, -0.15) is 4.98 Å². The fraction of sp³-hybridized carbons (Fsp3) is 0.500. The van der Waals surface area contributed by atoms with Crippen molar-refractivity contribution < 1.29 is 4.79 Å². The molecule has 7 heteroatoms. The zero-order valence-electron chi connectivity index (χ0n) is 14.7. The second-order valence-electron chi connectivity index (χ2n) is 6.68. The average molecular weight is 359 g/mol. The highest BCUT2D eigenvalue weighted by Crippen LogP contribution is 2.26. The van der Waals surface area contributed by atoms with Gasteiger partial charge in [0.25, 0.3) is 5.91 Å². The van der Waals surface area contributed by atoms with E-state index in [-0.39, 0.29) is 5.91 Å². The van der Waals surface area contributed by atoms with Crippen molar-refractivity contribution in [2.24, 2.45) is 5.92 Å². The van der Waals surface area contributed by atoms with Crippen molar-refractivity contribution >= 4 is 29.0 Å². The molecule has 1 amide bonds. The molecule has 0 aliphatic heterocycles. The van der Waals surface area contributed by atoms with Crippen molar-refractivity contribution in [2.75, 3.05) is 30.9 Å². The maximum atomic E-state index is 12.0. The van der Waals surface area contributed by atoms with E-state index in [2.05, 4.69) is 20.6 Å². The summed E-state index contributed by atoms with van der Waals surface area (Å²) >= 11 is 1.48. The van der Waals surface area contributed by atoms with Crippen LogP contribution in [0.5, 0.6) is 0 Å². The van der Waals surface area contributed by atoms with Crippen LogP contribution in [0.1, 0.15) is 35.4 Å². The Hall–Kier alpha value is -2.15. The summed E-state index contributed by atoms with van der Waals surface area (Å²) < 4.78 is 0. The third-order valence-electron chi connectivity index (χ3n) is 4.58. The molecular formula is C18H25N5OS. The minimum Gasteiger partial charge on any atom is -0.363 e. The summed E-state index contributed by atoms with van der Waals surface area (Å²) in [5.41, 5.74) is 0. The van der Waals surface area contributed by atoms with Crippen LogP contribution >= 0.6 is 11.3 Å². The molecular weight excluding hydrogens is 334 g/mol. The molecule has 0 radical (unpaired) electrons. The van der Waals surface area contributed by atoms with Crippen molar-refractivity contribution in [3.05, 3.63) is 34.7 Å². The van der Waals surface area contributed by atoms with Crippen LogP contribution in [0.15, 0.2) is 29.8 Å². The summed E-state index contributed by atoms with van der Waals surface area (Å²) in [5.74, 6) is 2.20. The normalized spacial score (nSPS) is 20.1. The van der Waals surface area contributed by atoms with Gasteiger partial charge in [0.1, 0.15) is 5.82 Å². The fourth-order valence-electron chi connectivity index (χ4n) is 3.09. The second-order valence-corrected chi connectivity index (χ2v) is 7.63. The topological polar surface area (TPSA) is 70.2 Å². The van der Waals surface area contributed by atoms with Gasteiger partial charge >= 0.3 is 0 Å². The molecule has 0 saturated heterocycles. The molecule has 0 spiro atoms. The van der Waals surface area contributed by atoms with Crippen LogP contribution in [0, 0.1) is 5.92 Å². The van der Waals surface area contributed by atoms with Crippen molar-refractivity contribution in [1.82, 2.24) is 15.3 Å². The molecule has 1 aliphatic carbocycles. The van der Waals surface area contributed by atoms with Gasteiger partial charge in [0, 0.05) is 32.9 Å². The number of aromatic nitrogens is 2. The number of hydrogen-bond donors (Lipinski definition) is 2. The molecule has 0 aromatic carbocycles. The number of carbonyl (C=O) groups excluding carboxylic acids is 1. The summed E-state index contributed by atoms with van der Waals surface area (Å²) in [6, 6.07) is 6.08. The van der Waals surface area contributed by atoms with Crippen molar-refractivity contribution in [2.45, 2.75) is 31.7 Å². The highest BCUT2D eigenvalue weighted by molar-refractivity contribution is 7.12. The Kier molecular flexibility index (Phi) is 5.86. The number of carbonyl (C=O) groups is 1. The van der Waals surface area contributed by atoms with Gasteiger partial charge in [-0.3, -0.25) is 4.79 Å². The lowest BCUT2D eigenvalue weighted by molar-refractivity contribution is 0.0947. The Balaban J connectivity index is 1.43. The van der Waals surface area contributed by atoms with E-state index >= 15 is 0 Å². The van der Waals surface area contributed by atoms with E-state index in [0.717, 1.165) is 42.9 Å². The van der Waals surface area contributed by atoms with Gasteiger partial charge in [0.15, 0.2) is 0 Å². The Morgan fingerprint density at radius 3 is 2.76 bits per heavy atom. The average Bonchev–Trinajstić information content (AvgIpc) is 3.16. The van der Waals surface area contributed by atoms with E-state index in [9.17, 15) is 4.79 Å². The standard InChI is InChI=1S/C18H25N5OS/c1-23(2)16-9-10-19-18(22-16)21-14-7-5-13(6-8-14)12-20-17(24)15-4-3-11-25-15/h3-4,9-11,13-14H,5-8,12H2,1-2H3,(H,20,24)(H,19,21,22)/t13-,14+. The van der Waals surface area contributed by atoms with Crippen LogP contribution in [0.3, 0.4) is 0 Å². The molecule has 2 aromatic rings. The van der Waals surface area contributed by atoms with Gasteiger partial charge in [0.2, 0.25) is 5.95 Å². The third kappa shape index (κ3) is 4.92. The number of rotatable bonds is 6. The Morgan fingerprint density at radius 1 is 1.28 bits per heavy atom. The molecule has 6 nitrogen and oxygen atoms in total. The van der Waals surface area contributed by atoms with E-state index in [0.29, 0.717) is 17.9 Å². The molecule has 25 heavy (non-hydrogen) atoms. The van der Waals surface area contributed by atoms with Gasteiger partial charge < -0.3 is 15.5 Å². The first-order valence-electron chi connectivity index (χ1n) is 8.70. The highest BCUT2D eigenvalue weighted by atomic mass is 32.1. The summed E-state index contributed by atoms with van der Waals surface area (Å²) in [6.07, 6.45) is 6.16. The lowest BCUT2D eigenvalue weighted by atomic mass is 9.86. The molecule has 2 aromatic heterocycles. The van der Waals surface area contributed by atoms with Crippen molar-refractivity contribution in [3.8, 4) is 0 Å². The SMILES string of the molecule is CN(C)c1ccnc(N[C@H]2CC[C@@H](CNC(=O)c3cccs3)CC2)n1. The minimum absolute atomic E-state index is 0.0455. The fourth-order valence-corrected chi connectivity index (χ4v) is 3.73. The van der Waals surface area contributed by atoms with Gasteiger partial charge in [-0.15, -0.1) is 11.3 Å². The molecule has 2 N–H and O–H groups in total. The number of anilines is 2. The largest absolute Gasteiger partial charge is 0.363 e. The Bertz CT molecular complexity index is 681. The van der Waals surface area contributed by atoms with Gasteiger partial charge in [-0.1, -0.05) is 6.07 Å². The number of nitrogens with zero attached hydrogens (tertiary/aromatic N) is 3. The molecule has 0 bridgehead atoms. The van der Waals surface area contributed by atoms with Crippen LogP contribution in [-0.2, 0) is 0 Å². The number of amides is 1. The van der Waals surface area contributed by atoms with Crippen LogP contribution in [0.25, 0.3) is 0 Å². The van der Waals surface area contributed by atoms with E-state index in [1.165, 1.54) is 11.3 Å². The zero-order valence-corrected chi connectivity index (χ0v) is 15.6. The molecule has 3 rings (SSSR count). The Morgan fingerprint density at radius 2 is 2.08 bits per heavy atom. The maximum Gasteiger partial charge on any atom is 0.261 e. The number of thiophene rings is 1. The predicted molar refractivity (Wildman–Crippen MR) is 102 cm³/mol. The summed E-state index contributed by atoms with van der Waals surface area (Å²) in [5, 5.41) is 8.44. The van der Waals surface area contributed by atoms with Gasteiger partial charge in [-0.25, -0.2) is 4.98 Å². The lowest BCUT2D eigenvalue weighted by Gasteiger charge is -2.29. The summed E-state index contributed by atoms with van der Waals surface area (Å²) in [7, 11) is 3.95. The lowest BCUT2D eigenvalue weighted by Crippen LogP contribution is -2.34. The molecule has 0 atom stereocenters. The smallest absolute Gasteiger partial charge is 0.261 e. The number of hydrogen-bond acceptors (Lipinski definition) is 6. The maximum absolute atomic E-state index is 12.0. The molecule has 2 heterocycles. The van der Waals surface area contributed by atoms with E-state index in [1.54, 1.807) is 6.20 Å². The van der Waals surface area contributed by atoms with E-state index in [4.69, 9.17) is 0 Å². The molecule has 1 saturated carbocycles. The Labute approximate surface area is 152 Å². The first-order chi connectivity index (χ1) is 12.1. The van der Waals surface area contributed by atoms with E-state index < -0.39 is 0 Å². The first kappa shape index (κ1) is 17.7. The van der Waals surface area contributed by atoms with Crippen LogP contribution in [-0.4, -0.2) is 42.6 Å². The molecule has 0 unspecified atom stereocenters. The first-order valence-corrected chi connectivity index (χ1v) is 9.58. The van der Waals surface area contributed by atoms with Gasteiger partial charge in [0.05, 0.1) is 4.88 Å². The van der Waals surface area contributed by atoms with Crippen LogP contribution in [0.2, 0.25) is 0 Å². The molecule has 134 valence electrons. The van der Waals surface area contributed by atoms with Crippen LogP contribution in [0.4, 0.5) is 11.8 Å². The number of nitrogens with one attached hydrogen (secondary N) is 2. The quantitative estimate of drug-likeness (QED) is 0.830. The van der Waals surface area contributed by atoms with Crippen molar-refractivity contribution in [3.63, 3.8) is 0 Å².